The van der Waals surface area contributed by atoms with E-state index in [9.17, 15) is 0 Å². The second-order valence-corrected chi connectivity index (χ2v) is 4.66. The zero-order valence-electron chi connectivity index (χ0n) is 8.94. The number of anilines is 1. The predicted molar refractivity (Wildman–Crippen MR) is 55.5 cm³/mol. The molecule has 1 rings (SSSR count). The minimum Gasteiger partial charge on any atom is -0.382 e. The van der Waals surface area contributed by atoms with E-state index in [0.29, 0.717) is 5.82 Å². The highest BCUT2D eigenvalue weighted by atomic mass is 15.2. The summed E-state index contributed by atoms with van der Waals surface area (Å²) in [5.41, 5.74) is 8.37. The minimum atomic E-state index is 0.281. The van der Waals surface area contributed by atoms with Crippen molar-refractivity contribution in [3.63, 3.8) is 0 Å². The summed E-state index contributed by atoms with van der Waals surface area (Å²) in [6, 6.07) is 0. The van der Waals surface area contributed by atoms with Crippen LogP contribution in [0, 0.1) is 5.41 Å². The van der Waals surface area contributed by atoms with Gasteiger partial charge in [-0.25, -0.2) is 0 Å². The highest BCUT2D eigenvalue weighted by Crippen LogP contribution is 2.24. The van der Waals surface area contributed by atoms with E-state index >= 15 is 0 Å². The number of rotatable bonds is 2. The number of nitrogen functional groups attached to an aromatic ring is 1. The molecular weight excluding hydrogens is 162 g/mol. The number of hydrogen-bond acceptors (Lipinski definition) is 2. The molecule has 0 spiro atoms. The van der Waals surface area contributed by atoms with Crippen molar-refractivity contribution in [2.45, 2.75) is 40.5 Å². The largest absolute Gasteiger partial charge is 0.382 e. The van der Waals surface area contributed by atoms with Gasteiger partial charge < -0.3 is 5.73 Å². The summed E-state index contributed by atoms with van der Waals surface area (Å²) in [5, 5.41) is 7.03. The van der Waals surface area contributed by atoms with Crippen LogP contribution in [0.1, 0.15) is 39.0 Å². The molecule has 0 aromatic carbocycles. The van der Waals surface area contributed by atoms with Gasteiger partial charge in [-0.05, 0) is 18.3 Å². The summed E-state index contributed by atoms with van der Waals surface area (Å²) in [4.78, 5) is 0. The first-order valence-corrected chi connectivity index (χ1v) is 4.75. The van der Waals surface area contributed by atoms with Gasteiger partial charge in [-0.3, -0.25) is 5.10 Å². The van der Waals surface area contributed by atoms with Gasteiger partial charge in [0.05, 0.1) is 0 Å². The molecular formula is C10H19N3. The molecule has 1 heterocycles. The minimum absolute atomic E-state index is 0.281. The monoisotopic (exact) mass is 181 g/mol. The van der Waals surface area contributed by atoms with Crippen LogP contribution in [0.15, 0.2) is 0 Å². The number of aromatic nitrogens is 2. The van der Waals surface area contributed by atoms with Gasteiger partial charge in [0.25, 0.3) is 0 Å². The maximum absolute atomic E-state index is 5.73. The third-order valence-electron chi connectivity index (χ3n) is 2.05. The lowest BCUT2D eigenvalue weighted by Crippen LogP contribution is -2.11. The van der Waals surface area contributed by atoms with Crippen molar-refractivity contribution in [1.82, 2.24) is 10.2 Å². The first-order valence-electron chi connectivity index (χ1n) is 4.75. The lowest BCUT2D eigenvalue weighted by molar-refractivity contribution is 0.405. The second kappa shape index (κ2) is 3.40. The first kappa shape index (κ1) is 10.1. The normalized spacial score (nSPS) is 12.0. The van der Waals surface area contributed by atoms with Crippen LogP contribution >= 0.6 is 0 Å². The summed E-state index contributed by atoms with van der Waals surface area (Å²) >= 11 is 0. The van der Waals surface area contributed by atoms with Gasteiger partial charge in [-0.2, -0.15) is 5.10 Å². The molecule has 0 amide bonds. The fraction of sp³-hybridized carbons (Fsp3) is 0.700. The summed E-state index contributed by atoms with van der Waals surface area (Å²) in [5.74, 6) is 0.654. The predicted octanol–water partition coefficient (Wildman–Crippen LogP) is 2.14. The molecule has 1 aromatic heterocycles. The molecule has 0 saturated heterocycles. The molecule has 74 valence electrons. The van der Waals surface area contributed by atoms with Crippen LogP contribution in [0.3, 0.4) is 0 Å². The highest BCUT2D eigenvalue weighted by Gasteiger charge is 2.16. The first-order chi connectivity index (χ1) is 5.94. The zero-order valence-corrected chi connectivity index (χ0v) is 8.94. The van der Waals surface area contributed by atoms with E-state index in [4.69, 9.17) is 5.73 Å². The van der Waals surface area contributed by atoms with Gasteiger partial charge in [-0.1, -0.05) is 27.7 Å². The quantitative estimate of drug-likeness (QED) is 0.734. The van der Waals surface area contributed by atoms with Crippen LogP contribution < -0.4 is 5.73 Å². The van der Waals surface area contributed by atoms with Gasteiger partial charge in [-0.15, -0.1) is 0 Å². The Morgan fingerprint density at radius 3 is 2.46 bits per heavy atom. The lowest BCUT2D eigenvalue weighted by Gasteiger charge is -2.17. The average Bonchev–Trinajstić information content (AvgIpc) is 2.28. The standard InChI is InChI=1S/C10H19N3/c1-5-7-8(6-10(2,3)4)12-13-9(7)11/h5-6H2,1-4H3,(H3,11,12,13). The maximum Gasteiger partial charge on any atom is 0.148 e. The Balaban J connectivity index is 2.89. The van der Waals surface area contributed by atoms with Crippen molar-refractivity contribution in [3.8, 4) is 0 Å². The van der Waals surface area contributed by atoms with E-state index in [1.807, 2.05) is 0 Å². The molecule has 1 aromatic rings. The molecule has 3 heteroatoms. The SMILES string of the molecule is CCc1c(N)n[nH]c1CC(C)(C)C. The summed E-state index contributed by atoms with van der Waals surface area (Å²) in [6.45, 7) is 8.74. The van der Waals surface area contributed by atoms with Crippen LogP contribution in [-0.2, 0) is 12.8 Å². The highest BCUT2D eigenvalue weighted by molar-refractivity contribution is 5.42. The topological polar surface area (TPSA) is 54.7 Å². The molecule has 0 radical (unpaired) electrons. The Kier molecular flexibility index (Phi) is 2.64. The van der Waals surface area contributed by atoms with Crippen LogP contribution in [0.5, 0.6) is 0 Å². The number of hydrogen-bond donors (Lipinski definition) is 2. The van der Waals surface area contributed by atoms with Gasteiger partial charge in [0.2, 0.25) is 0 Å². The molecule has 0 atom stereocenters. The van der Waals surface area contributed by atoms with Gasteiger partial charge >= 0.3 is 0 Å². The molecule has 0 saturated carbocycles. The van der Waals surface area contributed by atoms with Gasteiger partial charge in [0.15, 0.2) is 0 Å². The van der Waals surface area contributed by atoms with Crippen molar-refractivity contribution < 1.29 is 0 Å². The Bertz CT molecular complexity index is 281. The Morgan fingerprint density at radius 1 is 1.38 bits per heavy atom. The van der Waals surface area contributed by atoms with Gasteiger partial charge in [0.1, 0.15) is 5.82 Å². The lowest BCUT2D eigenvalue weighted by atomic mass is 9.89. The number of nitrogens with one attached hydrogen (secondary N) is 1. The fourth-order valence-electron chi connectivity index (χ4n) is 1.49. The summed E-state index contributed by atoms with van der Waals surface area (Å²) in [6.07, 6.45) is 1.95. The number of H-pyrrole nitrogens is 1. The summed E-state index contributed by atoms with van der Waals surface area (Å²) < 4.78 is 0. The molecule has 13 heavy (non-hydrogen) atoms. The van der Waals surface area contributed by atoms with E-state index in [0.717, 1.165) is 12.8 Å². The number of nitrogens with zero attached hydrogens (tertiary/aromatic N) is 1. The molecule has 3 nitrogen and oxygen atoms in total. The van der Waals surface area contributed by atoms with Crippen molar-refractivity contribution in [2.75, 3.05) is 5.73 Å². The molecule has 0 aliphatic rings. The van der Waals surface area contributed by atoms with Crippen molar-refractivity contribution in [2.24, 2.45) is 5.41 Å². The Labute approximate surface area is 79.7 Å². The van der Waals surface area contributed by atoms with Crippen molar-refractivity contribution in [1.29, 1.82) is 0 Å². The van der Waals surface area contributed by atoms with E-state index in [-0.39, 0.29) is 5.41 Å². The Hall–Kier alpha value is -0.990. The van der Waals surface area contributed by atoms with Crippen molar-refractivity contribution in [3.05, 3.63) is 11.3 Å². The maximum atomic E-state index is 5.73. The number of nitrogens with two attached hydrogens (primary N) is 1. The average molecular weight is 181 g/mol. The molecule has 0 unspecified atom stereocenters. The van der Waals surface area contributed by atoms with Crippen LogP contribution in [0.2, 0.25) is 0 Å². The second-order valence-electron chi connectivity index (χ2n) is 4.66. The van der Waals surface area contributed by atoms with Crippen LogP contribution in [0.25, 0.3) is 0 Å². The number of aromatic amines is 1. The fourth-order valence-corrected chi connectivity index (χ4v) is 1.49. The third kappa shape index (κ3) is 2.47. The molecule has 3 N–H and O–H groups in total. The molecule has 0 fully saturated rings. The van der Waals surface area contributed by atoms with Gasteiger partial charge in [0, 0.05) is 11.3 Å². The molecule has 0 aliphatic heterocycles. The van der Waals surface area contributed by atoms with Crippen molar-refractivity contribution >= 4 is 5.82 Å². The Morgan fingerprint density at radius 2 is 2.00 bits per heavy atom. The zero-order chi connectivity index (χ0) is 10.1. The van der Waals surface area contributed by atoms with E-state index in [1.165, 1.54) is 11.3 Å². The molecule has 0 bridgehead atoms. The third-order valence-corrected chi connectivity index (χ3v) is 2.05. The van der Waals surface area contributed by atoms with E-state index in [2.05, 4.69) is 37.9 Å². The van der Waals surface area contributed by atoms with Crippen LogP contribution in [0.4, 0.5) is 5.82 Å². The smallest absolute Gasteiger partial charge is 0.148 e. The summed E-state index contributed by atoms with van der Waals surface area (Å²) in [7, 11) is 0. The molecule has 0 aliphatic carbocycles. The van der Waals surface area contributed by atoms with Crippen LogP contribution in [-0.4, -0.2) is 10.2 Å². The van der Waals surface area contributed by atoms with E-state index < -0.39 is 0 Å². The van der Waals surface area contributed by atoms with E-state index in [1.54, 1.807) is 0 Å².